The van der Waals surface area contributed by atoms with E-state index in [1.165, 1.54) is 12.8 Å². The van der Waals surface area contributed by atoms with Crippen LogP contribution in [0.3, 0.4) is 0 Å². The van der Waals surface area contributed by atoms with Crippen molar-refractivity contribution in [2.75, 3.05) is 20.7 Å². The number of guanidine groups is 1. The molecule has 0 aromatic carbocycles. The van der Waals surface area contributed by atoms with Crippen molar-refractivity contribution in [2.45, 2.75) is 45.8 Å². The van der Waals surface area contributed by atoms with Crippen LogP contribution >= 0.6 is 0 Å². The molecule has 2 N–H and O–H groups in total. The fourth-order valence-electron chi connectivity index (χ4n) is 1.64. The van der Waals surface area contributed by atoms with Crippen molar-refractivity contribution in [1.29, 1.82) is 0 Å². The highest BCUT2D eigenvalue weighted by Gasteiger charge is 2.28. The number of aliphatic imine (C=N–C) groups is 1. The molecule has 0 amide bonds. The van der Waals surface area contributed by atoms with Gasteiger partial charge in [0.1, 0.15) is 0 Å². The minimum atomic E-state index is 0.0939. The van der Waals surface area contributed by atoms with Crippen molar-refractivity contribution >= 4 is 5.96 Å². The summed E-state index contributed by atoms with van der Waals surface area (Å²) in [4.78, 5) is 6.48. The van der Waals surface area contributed by atoms with Gasteiger partial charge >= 0.3 is 0 Å². The van der Waals surface area contributed by atoms with Crippen LogP contribution < -0.4 is 5.73 Å². The first-order chi connectivity index (χ1) is 7.36. The average molecular weight is 227 g/mol. The molecule has 0 heterocycles. The lowest BCUT2D eigenvalue weighted by Crippen LogP contribution is -2.38. The molecule has 1 aliphatic rings. The first-order valence-corrected chi connectivity index (χ1v) is 5.91. The van der Waals surface area contributed by atoms with Crippen molar-refractivity contribution in [3.63, 3.8) is 0 Å². The van der Waals surface area contributed by atoms with Gasteiger partial charge in [-0.2, -0.15) is 0 Å². The topological polar surface area (TPSA) is 50.9 Å². The molecular weight excluding hydrogens is 202 g/mol. The van der Waals surface area contributed by atoms with Crippen LogP contribution in [0.2, 0.25) is 0 Å². The minimum Gasteiger partial charge on any atom is -0.379 e. The van der Waals surface area contributed by atoms with Crippen LogP contribution in [0.4, 0.5) is 0 Å². The maximum absolute atomic E-state index is 5.92. The van der Waals surface area contributed by atoms with E-state index in [1.54, 1.807) is 7.11 Å². The van der Waals surface area contributed by atoms with E-state index in [4.69, 9.17) is 10.5 Å². The van der Waals surface area contributed by atoms with Crippen molar-refractivity contribution < 1.29 is 4.74 Å². The number of ether oxygens (including phenoxy) is 1. The molecule has 0 spiro atoms. The molecule has 1 aliphatic carbocycles. The lowest BCUT2D eigenvalue weighted by Gasteiger charge is -2.28. The highest BCUT2D eigenvalue weighted by Crippen LogP contribution is 2.25. The Kier molecular flexibility index (Phi) is 4.19. The molecule has 4 heteroatoms. The third kappa shape index (κ3) is 3.67. The second-order valence-corrected chi connectivity index (χ2v) is 5.63. The van der Waals surface area contributed by atoms with Gasteiger partial charge in [-0.3, -0.25) is 4.99 Å². The van der Waals surface area contributed by atoms with Gasteiger partial charge in [-0.25, -0.2) is 0 Å². The predicted octanol–water partition coefficient (Wildman–Crippen LogP) is 1.46. The number of nitrogens with zero attached hydrogens (tertiary/aromatic N) is 2. The summed E-state index contributed by atoms with van der Waals surface area (Å²) in [6, 6.07) is 0.611. The Morgan fingerprint density at radius 2 is 2.06 bits per heavy atom. The van der Waals surface area contributed by atoms with Crippen LogP contribution in [0, 0.1) is 5.41 Å². The fourth-order valence-corrected chi connectivity index (χ4v) is 1.64. The first kappa shape index (κ1) is 13.3. The third-order valence-electron chi connectivity index (χ3n) is 3.13. The van der Waals surface area contributed by atoms with Crippen molar-refractivity contribution in [1.82, 2.24) is 4.90 Å². The Morgan fingerprint density at radius 3 is 2.44 bits per heavy atom. The molecule has 0 saturated heterocycles. The normalized spacial score (nSPS) is 19.7. The van der Waals surface area contributed by atoms with Gasteiger partial charge in [0.15, 0.2) is 5.96 Å². The SMILES string of the molecule is COC(CN=C(N)N(C)C1CC1)C(C)(C)C. The van der Waals surface area contributed by atoms with Gasteiger partial charge in [-0.15, -0.1) is 0 Å². The van der Waals surface area contributed by atoms with Gasteiger partial charge in [0, 0.05) is 20.2 Å². The van der Waals surface area contributed by atoms with E-state index in [2.05, 4.69) is 30.7 Å². The summed E-state index contributed by atoms with van der Waals surface area (Å²) < 4.78 is 5.44. The molecule has 1 saturated carbocycles. The Balaban J connectivity index is 2.49. The summed E-state index contributed by atoms with van der Waals surface area (Å²) in [6.45, 7) is 7.08. The van der Waals surface area contributed by atoms with Crippen LogP contribution in [-0.4, -0.2) is 43.7 Å². The average Bonchev–Trinajstić information content (AvgIpc) is 2.98. The number of nitrogens with two attached hydrogens (primary N) is 1. The van der Waals surface area contributed by atoms with Crippen molar-refractivity contribution in [3.05, 3.63) is 0 Å². The molecule has 0 aromatic rings. The zero-order chi connectivity index (χ0) is 12.3. The van der Waals surface area contributed by atoms with Gasteiger partial charge in [-0.1, -0.05) is 20.8 Å². The molecule has 1 rings (SSSR count). The molecule has 0 aliphatic heterocycles. The van der Waals surface area contributed by atoms with E-state index in [0.717, 1.165) is 0 Å². The fraction of sp³-hybridized carbons (Fsp3) is 0.917. The number of hydrogen-bond acceptors (Lipinski definition) is 2. The van der Waals surface area contributed by atoms with Crippen LogP contribution in [0.15, 0.2) is 4.99 Å². The van der Waals surface area contributed by atoms with Gasteiger partial charge in [0.25, 0.3) is 0 Å². The largest absolute Gasteiger partial charge is 0.379 e. The quantitative estimate of drug-likeness (QED) is 0.584. The Bertz CT molecular complexity index is 253. The lowest BCUT2D eigenvalue weighted by molar-refractivity contribution is 0.0240. The zero-order valence-electron chi connectivity index (χ0n) is 11.2. The highest BCUT2D eigenvalue weighted by atomic mass is 16.5. The van der Waals surface area contributed by atoms with E-state index >= 15 is 0 Å². The van der Waals surface area contributed by atoms with Crippen molar-refractivity contribution in [3.8, 4) is 0 Å². The van der Waals surface area contributed by atoms with Crippen LogP contribution in [-0.2, 0) is 4.74 Å². The molecule has 0 bridgehead atoms. The summed E-state index contributed by atoms with van der Waals surface area (Å²) in [5.41, 5.74) is 6.02. The summed E-state index contributed by atoms with van der Waals surface area (Å²) in [6.07, 6.45) is 2.58. The van der Waals surface area contributed by atoms with Crippen LogP contribution in [0.25, 0.3) is 0 Å². The van der Waals surface area contributed by atoms with E-state index in [1.807, 2.05) is 7.05 Å². The minimum absolute atomic E-state index is 0.0939. The molecule has 1 fully saturated rings. The van der Waals surface area contributed by atoms with Gasteiger partial charge < -0.3 is 15.4 Å². The maximum atomic E-state index is 5.92. The molecular formula is C12H25N3O. The molecule has 94 valence electrons. The standard InChI is InChI=1S/C12H25N3O/c1-12(2,3)10(16-5)8-14-11(13)15(4)9-6-7-9/h9-10H,6-8H2,1-5H3,(H2,13,14). The second kappa shape index (κ2) is 5.04. The predicted molar refractivity (Wildman–Crippen MR) is 67.5 cm³/mol. The Labute approximate surface area is 98.9 Å². The van der Waals surface area contributed by atoms with Crippen LogP contribution in [0.5, 0.6) is 0 Å². The van der Waals surface area contributed by atoms with Crippen LogP contribution in [0.1, 0.15) is 33.6 Å². The van der Waals surface area contributed by atoms with E-state index < -0.39 is 0 Å². The van der Waals surface area contributed by atoms with Crippen molar-refractivity contribution in [2.24, 2.45) is 16.1 Å². The summed E-state index contributed by atoms with van der Waals surface area (Å²) in [5.74, 6) is 0.633. The zero-order valence-corrected chi connectivity index (χ0v) is 11.2. The smallest absolute Gasteiger partial charge is 0.191 e. The molecule has 4 nitrogen and oxygen atoms in total. The third-order valence-corrected chi connectivity index (χ3v) is 3.13. The van der Waals surface area contributed by atoms with Gasteiger partial charge in [0.05, 0.1) is 12.6 Å². The number of hydrogen-bond donors (Lipinski definition) is 1. The van der Waals surface area contributed by atoms with E-state index in [-0.39, 0.29) is 11.5 Å². The summed E-state index contributed by atoms with van der Waals surface area (Å²) in [7, 11) is 3.74. The lowest BCUT2D eigenvalue weighted by atomic mass is 9.89. The monoisotopic (exact) mass is 227 g/mol. The number of rotatable bonds is 4. The van der Waals surface area contributed by atoms with E-state index in [9.17, 15) is 0 Å². The number of methoxy groups -OCH3 is 1. The maximum Gasteiger partial charge on any atom is 0.191 e. The van der Waals surface area contributed by atoms with Gasteiger partial charge in [-0.05, 0) is 18.3 Å². The van der Waals surface area contributed by atoms with Gasteiger partial charge in [0.2, 0.25) is 0 Å². The Morgan fingerprint density at radius 1 is 1.50 bits per heavy atom. The second-order valence-electron chi connectivity index (χ2n) is 5.63. The molecule has 1 unspecified atom stereocenters. The molecule has 0 aromatic heterocycles. The molecule has 1 atom stereocenters. The molecule has 16 heavy (non-hydrogen) atoms. The Hall–Kier alpha value is -0.770. The summed E-state index contributed by atoms with van der Waals surface area (Å²) >= 11 is 0. The first-order valence-electron chi connectivity index (χ1n) is 5.91. The summed E-state index contributed by atoms with van der Waals surface area (Å²) in [5, 5.41) is 0. The highest BCUT2D eigenvalue weighted by molar-refractivity contribution is 5.78. The molecule has 0 radical (unpaired) electrons. The van der Waals surface area contributed by atoms with E-state index in [0.29, 0.717) is 18.5 Å².